The monoisotopic (exact) mass is 346 g/mol. The van der Waals surface area contributed by atoms with Crippen molar-refractivity contribution in [2.45, 2.75) is 44.6 Å². The maximum Gasteiger partial charge on any atom is 0.237 e. The Hall–Kier alpha value is -1.75. The molecule has 0 radical (unpaired) electrons. The lowest BCUT2D eigenvalue weighted by atomic mass is 10.0. The number of carbonyl (C=O) groups is 1. The van der Waals surface area contributed by atoms with Crippen LogP contribution in [0.5, 0.6) is 11.5 Å². The molecule has 0 N–H and O–H groups in total. The van der Waals surface area contributed by atoms with Gasteiger partial charge in [0.15, 0.2) is 0 Å². The van der Waals surface area contributed by atoms with Crippen molar-refractivity contribution in [1.82, 2.24) is 9.80 Å². The van der Waals surface area contributed by atoms with Crippen molar-refractivity contribution in [1.29, 1.82) is 0 Å². The van der Waals surface area contributed by atoms with Gasteiger partial charge >= 0.3 is 0 Å². The van der Waals surface area contributed by atoms with E-state index in [1.165, 1.54) is 25.7 Å². The van der Waals surface area contributed by atoms with Gasteiger partial charge in [-0.05, 0) is 57.0 Å². The molecular weight excluding hydrogens is 316 g/mol. The van der Waals surface area contributed by atoms with Gasteiger partial charge in [0.1, 0.15) is 11.5 Å². The van der Waals surface area contributed by atoms with E-state index in [1.807, 2.05) is 23.1 Å². The summed E-state index contributed by atoms with van der Waals surface area (Å²) in [5.41, 5.74) is 1.06. The summed E-state index contributed by atoms with van der Waals surface area (Å²) in [6.45, 7) is 3.47. The average Bonchev–Trinajstić information content (AvgIpc) is 2.99. The Labute approximate surface area is 150 Å². The van der Waals surface area contributed by atoms with Crippen LogP contribution in [0.3, 0.4) is 0 Å². The Bertz CT molecular complexity index is 582. The molecule has 0 unspecified atom stereocenters. The molecule has 0 spiro atoms. The fourth-order valence-electron chi connectivity index (χ4n) is 4.06. The molecule has 1 aromatic rings. The van der Waals surface area contributed by atoms with Gasteiger partial charge in [0.05, 0.1) is 26.8 Å². The molecule has 2 aliphatic heterocycles. The van der Waals surface area contributed by atoms with Crippen LogP contribution in [-0.2, 0) is 4.79 Å². The Morgan fingerprint density at radius 1 is 1.04 bits per heavy atom. The van der Waals surface area contributed by atoms with Crippen LogP contribution in [0.2, 0.25) is 0 Å². The molecule has 5 nitrogen and oxygen atoms in total. The molecule has 138 valence electrons. The van der Waals surface area contributed by atoms with Gasteiger partial charge in [-0.25, -0.2) is 0 Å². The highest BCUT2D eigenvalue weighted by Crippen LogP contribution is 2.39. The van der Waals surface area contributed by atoms with Gasteiger partial charge in [-0.3, -0.25) is 9.69 Å². The van der Waals surface area contributed by atoms with E-state index in [9.17, 15) is 4.79 Å². The Morgan fingerprint density at radius 3 is 2.48 bits per heavy atom. The summed E-state index contributed by atoms with van der Waals surface area (Å²) in [5, 5.41) is 0. The van der Waals surface area contributed by atoms with Gasteiger partial charge in [-0.1, -0.05) is 12.8 Å². The van der Waals surface area contributed by atoms with Crippen LogP contribution in [0.25, 0.3) is 0 Å². The van der Waals surface area contributed by atoms with Crippen LogP contribution in [0, 0.1) is 0 Å². The molecule has 2 saturated heterocycles. The first-order chi connectivity index (χ1) is 12.2. The maximum absolute atomic E-state index is 13.0. The van der Waals surface area contributed by atoms with Crippen LogP contribution in [0.4, 0.5) is 0 Å². The van der Waals surface area contributed by atoms with Crippen LogP contribution >= 0.6 is 0 Å². The zero-order valence-electron chi connectivity index (χ0n) is 15.5. The van der Waals surface area contributed by atoms with E-state index in [2.05, 4.69) is 4.90 Å². The molecule has 0 aromatic heterocycles. The van der Waals surface area contributed by atoms with Crippen LogP contribution < -0.4 is 9.47 Å². The van der Waals surface area contributed by atoms with E-state index in [-0.39, 0.29) is 11.9 Å². The van der Waals surface area contributed by atoms with Crippen LogP contribution in [0.1, 0.15) is 50.1 Å². The summed E-state index contributed by atoms with van der Waals surface area (Å²) >= 11 is 0. The van der Waals surface area contributed by atoms with Crippen molar-refractivity contribution in [3.63, 3.8) is 0 Å². The lowest BCUT2D eigenvalue weighted by Gasteiger charge is -2.29. The highest BCUT2D eigenvalue weighted by molar-refractivity contribution is 5.79. The smallest absolute Gasteiger partial charge is 0.237 e. The zero-order valence-corrected chi connectivity index (χ0v) is 15.5. The molecule has 2 aliphatic rings. The topological polar surface area (TPSA) is 42.0 Å². The Balaban J connectivity index is 1.74. The molecule has 25 heavy (non-hydrogen) atoms. The number of hydrogen-bond donors (Lipinski definition) is 0. The van der Waals surface area contributed by atoms with E-state index in [0.717, 1.165) is 49.5 Å². The van der Waals surface area contributed by atoms with Crippen molar-refractivity contribution in [3.05, 3.63) is 23.8 Å². The number of carbonyl (C=O) groups excluding carboxylic acids is 1. The van der Waals surface area contributed by atoms with E-state index < -0.39 is 0 Å². The van der Waals surface area contributed by atoms with Crippen LogP contribution in [-0.4, -0.2) is 56.1 Å². The SMILES string of the molecule is COc1ccc(OC)c([C@H]2CCCN2C(=O)CN2CCCCCC2)c1. The number of rotatable bonds is 5. The summed E-state index contributed by atoms with van der Waals surface area (Å²) in [7, 11) is 3.35. The number of hydrogen-bond acceptors (Lipinski definition) is 4. The summed E-state index contributed by atoms with van der Waals surface area (Å²) in [5.74, 6) is 1.89. The maximum atomic E-state index is 13.0. The molecule has 1 atom stereocenters. The lowest BCUT2D eigenvalue weighted by Crippen LogP contribution is -2.40. The minimum absolute atomic E-state index is 0.0875. The lowest BCUT2D eigenvalue weighted by molar-refractivity contribution is -0.133. The second-order valence-corrected chi connectivity index (χ2v) is 7.04. The van der Waals surface area contributed by atoms with Crippen LogP contribution in [0.15, 0.2) is 18.2 Å². The van der Waals surface area contributed by atoms with Gasteiger partial charge in [0, 0.05) is 12.1 Å². The predicted octanol–water partition coefficient (Wildman–Crippen LogP) is 3.24. The van der Waals surface area contributed by atoms with Crippen molar-refractivity contribution < 1.29 is 14.3 Å². The minimum Gasteiger partial charge on any atom is -0.497 e. The van der Waals surface area contributed by atoms with Gasteiger partial charge < -0.3 is 14.4 Å². The van der Waals surface area contributed by atoms with Crippen molar-refractivity contribution in [2.75, 3.05) is 40.4 Å². The zero-order chi connectivity index (χ0) is 17.6. The molecule has 2 heterocycles. The fraction of sp³-hybridized carbons (Fsp3) is 0.650. The summed E-state index contributed by atoms with van der Waals surface area (Å²) in [6.07, 6.45) is 7.02. The molecule has 0 bridgehead atoms. The summed E-state index contributed by atoms with van der Waals surface area (Å²) < 4.78 is 10.9. The second-order valence-electron chi connectivity index (χ2n) is 7.04. The van der Waals surface area contributed by atoms with Crippen molar-refractivity contribution in [3.8, 4) is 11.5 Å². The number of methoxy groups -OCH3 is 2. The highest BCUT2D eigenvalue weighted by Gasteiger charge is 2.32. The van der Waals surface area contributed by atoms with E-state index in [0.29, 0.717) is 6.54 Å². The first kappa shape index (κ1) is 18.1. The molecular formula is C20H30N2O3. The highest BCUT2D eigenvalue weighted by atomic mass is 16.5. The molecule has 1 aromatic carbocycles. The third kappa shape index (κ3) is 4.27. The first-order valence-electron chi connectivity index (χ1n) is 9.46. The standard InChI is InChI=1S/C20H30N2O3/c1-24-16-9-10-19(25-2)17(14-16)18-8-7-13-22(18)20(23)15-21-11-5-3-4-6-12-21/h9-10,14,18H,3-8,11-13,15H2,1-2H3/t18-/m1/s1. The van der Waals surface area contributed by atoms with Gasteiger partial charge in [-0.2, -0.15) is 0 Å². The molecule has 3 rings (SSSR count). The predicted molar refractivity (Wildman–Crippen MR) is 98.1 cm³/mol. The van der Waals surface area contributed by atoms with Gasteiger partial charge in [0.25, 0.3) is 0 Å². The first-order valence-corrected chi connectivity index (χ1v) is 9.46. The fourth-order valence-corrected chi connectivity index (χ4v) is 4.06. The minimum atomic E-state index is 0.0875. The van der Waals surface area contributed by atoms with E-state index in [1.54, 1.807) is 14.2 Å². The molecule has 0 aliphatic carbocycles. The quantitative estimate of drug-likeness (QED) is 0.821. The van der Waals surface area contributed by atoms with Gasteiger partial charge in [0.2, 0.25) is 5.91 Å². The summed E-state index contributed by atoms with van der Waals surface area (Å²) in [6, 6.07) is 5.94. The third-order valence-corrected chi connectivity index (χ3v) is 5.43. The third-order valence-electron chi connectivity index (χ3n) is 5.43. The Morgan fingerprint density at radius 2 is 1.80 bits per heavy atom. The van der Waals surface area contributed by atoms with Crippen molar-refractivity contribution >= 4 is 5.91 Å². The molecule has 5 heteroatoms. The van der Waals surface area contributed by atoms with E-state index in [4.69, 9.17) is 9.47 Å². The number of likely N-dealkylation sites (tertiary alicyclic amines) is 2. The second kappa shape index (κ2) is 8.56. The number of ether oxygens (including phenoxy) is 2. The molecule has 1 amide bonds. The normalized spacial score (nSPS) is 21.8. The molecule has 0 saturated carbocycles. The summed E-state index contributed by atoms with van der Waals surface area (Å²) in [4.78, 5) is 17.3. The van der Waals surface area contributed by atoms with E-state index >= 15 is 0 Å². The van der Waals surface area contributed by atoms with Gasteiger partial charge in [-0.15, -0.1) is 0 Å². The number of amides is 1. The number of benzene rings is 1. The largest absolute Gasteiger partial charge is 0.497 e. The number of nitrogens with zero attached hydrogens (tertiary/aromatic N) is 2. The average molecular weight is 346 g/mol. The van der Waals surface area contributed by atoms with Crippen molar-refractivity contribution in [2.24, 2.45) is 0 Å². The molecule has 2 fully saturated rings. The Kier molecular flexibility index (Phi) is 6.19.